The Labute approximate surface area is 138 Å². The van der Waals surface area contributed by atoms with E-state index in [0.717, 1.165) is 6.54 Å². The number of hydrogen-bond donors (Lipinski definition) is 1. The molecule has 2 rings (SSSR count). The molecule has 1 aliphatic rings. The Morgan fingerprint density at radius 3 is 2.90 bits per heavy atom. The van der Waals surface area contributed by atoms with Gasteiger partial charge in [0.15, 0.2) is 18.2 Å². The third-order valence-electron chi connectivity index (χ3n) is 3.60. The van der Waals surface area contributed by atoms with Gasteiger partial charge in [-0.15, -0.1) is 12.4 Å². The minimum Gasteiger partial charge on any atom is -0.481 e. The minimum absolute atomic E-state index is 0. The molecule has 0 spiro atoms. The highest BCUT2D eigenvalue weighted by molar-refractivity contribution is 9.10. The highest BCUT2D eigenvalue weighted by Crippen LogP contribution is 2.21. The lowest BCUT2D eigenvalue weighted by Gasteiger charge is -2.38. The lowest BCUT2D eigenvalue weighted by molar-refractivity contribution is -0.137. The van der Waals surface area contributed by atoms with Crippen LogP contribution < -0.4 is 10.1 Å². The van der Waals surface area contributed by atoms with Crippen LogP contribution in [-0.2, 0) is 4.79 Å². The molecule has 0 aliphatic carbocycles. The molecule has 1 aromatic carbocycles. The number of hydrogen-bond acceptors (Lipinski definition) is 3. The summed E-state index contributed by atoms with van der Waals surface area (Å²) in [5.74, 6) is -0.501. The third kappa shape index (κ3) is 4.56. The molecular weight excluding hydrogens is 363 g/mol. The Bertz CT molecular complexity index is 504. The van der Waals surface area contributed by atoms with E-state index in [4.69, 9.17) is 4.74 Å². The van der Waals surface area contributed by atoms with Crippen molar-refractivity contribution >= 4 is 34.2 Å². The van der Waals surface area contributed by atoms with E-state index in [-0.39, 0.29) is 42.8 Å². The zero-order chi connectivity index (χ0) is 14.7. The summed E-state index contributed by atoms with van der Waals surface area (Å²) in [6.45, 7) is 5.31. The first-order valence-electron chi connectivity index (χ1n) is 6.59. The number of benzene rings is 1. The molecule has 0 saturated carbocycles. The fourth-order valence-corrected chi connectivity index (χ4v) is 2.56. The number of amides is 1. The number of ether oxygens (including phenoxy) is 1. The monoisotopic (exact) mass is 380 g/mol. The number of carbonyl (C=O) groups excluding carboxylic acids is 1. The molecule has 1 fully saturated rings. The minimum atomic E-state index is -0.478. The second kappa shape index (κ2) is 7.96. The van der Waals surface area contributed by atoms with Gasteiger partial charge in [0.2, 0.25) is 0 Å². The summed E-state index contributed by atoms with van der Waals surface area (Å²) in [4.78, 5) is 13.9. The summed E-state index contributed by atoms with van der Waals surface area (Å²) in [5.41, 5.74) is 0. The van der Waals surface area contributed by atoms with Crippen LogP contribution in [0.4, 0.5) is 4.39 Å². The number of halogens is 3. The zero-order valence-electron chi connectivity index (χ0n) is 11.9. The molecule has 2 unspecified atom stereocenters. The second-order valence-corrected chi connectivity index (χ2v) is 5.85. The lowest BCUT2D eigenvalue weighted by Crippen LogP contribution is -2.58. The molecule has 4 nitrogen and oxygen atoms in total. The first-order chi connectivity index (χ1) is 9.49. The van der Waals surface area contributed by atoms with Gasteiger partial charge in [-0.05, 0) is 32.0 Å². The average Bonchev–Trinajstić information content (AvgIpc) is 2.40. The van der Waals surface area contributed by atoms with Crippen LogP contribution in [0.5, 0.6) is 5.75 Å². The number of rotatable bonds is 3. The van der Waals surface area contributed by atoms with Crippen molar-refractivity contribution in [2.45, 2.75) is 25.9 Å². The maximum absolute atomic E-state index is 13.6. The molecule has 0 radical (unpaired) electrons. The summed E-state index contributed by atoms with van der Waals surface area (Å²) in [5, 5.41) is 3.31. The quantitative estimate of drug-likeness (QED) is 0.875. The van der Waals surface area contributed by atoms with Crippen LogP contribution >= 0.6 is 28.3 Å². The van der Waals surface area contributed by atoms with Gasteiger partial charge in [-0.1, -0.05) is 15.9 Å². The first-order valence-corrected chi connectivity index (χ1v) is 7.39. The highest BCUT2D eigenvalue weighted by Gasteiger charge is 2.28. The average molecular weight is 382 g/mol. The van der Waals surface area contributed by atoms with Crippen LogP contribution in [0.15, 0.2) is 22.7 Å². The molecule has 118 valence electrons. The molecule has 1 amide bonds. The Hall–Kier alpha value is -0.850. The molecule has 1 aromatic rings. The summed E-state index contributed by atoms with van der Waals surface area (Å²) >= 11 is 3.18. The van der Waals surface area contributed by atoms with Crippen LogP contribution in [0, 0.1) is 5.82 Å². The highest BCUT2D eigenvalue weighted by atomic mass is 79.9. The van der Waals surface area contributed by atoms with Crippen molar-refractivity contribution in [3.05, 3.63) is 28.5 Å². The molecule has 1 heterocycles. The molecule has 2 atom stereocenters. The van der Waals surface area contributed by atoms with Crippen LogP contribution in [0.1, 0.15) is 13.8 Å². The Morgan fingerprint density at radius 2 is 2.24 bits per heavy atom. The maximum Gasteiger partial charge on any atom is 0.260 e. The van der Waals surface area contributed by atoms with E-state index >= 15 is 0 Å². The number of nitrogens with zero attached hydrogens (tertiary/aromatic N) is 1. The second-order valence-electron chi connectivity index (χ2n) is 4.93. The number of nitrogens with one attached hydrogen (secondary N) is 1. The molecular formula is C14H19BrClFN2O2. The fourth-order valence-electron chi connectivity index (χ4n) is 2.22. The van der Waals surface area contributed by atoms with E-state index in [1.807, 2.05) is 13.8 Å². The van der Waals surface area contributed by atoms with Gasteiger partial charge in [0.05, 0.1) is 0 Å². The smallest absolute Gasteiger partial charge is 0.260 e. The SMILES string of the molecule is CC1NCCN(C(=O)COc2ccc(Br)cc2F)C1C.Cl. The van der Waals surface area contributed by atoms with Gasteiger partial charge < -0.3 is 15.0 Å². The van der Waals surface area contributed by atoms with Crippen molar-refractivity contribution < 1.29 is 13.9 Å². The van der Waals surface area contributed by atoms with Crippen LogP contribution in [0.3, 0.4) is 0 Å². The van der Waals surface area contributed by atoms with E-state index < -0.39 is 5.82 Å². The Kier molecular flexibility index (Phi) is 6.90. The van der Waals surface area contributed by atoms with Crippen molar-refractivity contribution in [1.29, 1.82) is 0 Å². The largest absolute Gasteiger partial charge is 0.481 e. The van der Waals surface area contributed by atoms with E-state index in [2.05, 4.69) is 21.2 Å². The molecule has 1 N–H and O–H groups in total. The van der Waals surface area contributed by atoms with E-state index in [9.17, 15) is 9.18 Å². The molecule has 0 aromatic heterocycles. The summed E-state index contributed by atoms with van der Waals surface area (Å²) < 4.78 is 19.5. The van der Waals surface area contributed by atoms with E-state index in [0.29, 0.717) is 11.0 Å². The Morgan fingerprint density at radius 1 is 1.52 bits per heavy atom. The third-order valence-corrected chi connectivity index (χ3v) is 4.09. The van der Waals surface area contributed by atoms with Crippen molar-refractivity contribution in [2.75, 3.05) is 19.7 Å². The van der Waals surface area contributed by atoms with Crippen molar-refractivity contribution in [2.24, 2.45) is 0 Å². The Balaban J connectivity index is 0.00000220. The van der Waals surface area contributed by atoms with Crippen LogP contribution in [-0.4, -0.2) is 42.6 Å². The van der Waals surface area contributed by atoms with Gasteiger partial charge in [-0.3, -0.25) is 4.79 Å². The topological polar surface area (TPSA) is 41.6 Å². The standard InChI is InChI=1S/C14H18BrFN2O2.ClH/c1-9-10(2)18(6-5-17-9)14(19)8-20-13-4-3-11(15)7-12(13)16;/h3-4,7,9-10,17H,5-6,8H2,1-2H3;1H. The normalized spacial score (nSPS) is 21.6. The van der Waals surface area contributed by atoms with Gasteiger partial charge in [0, 0.05) is 29.6 Å². The zero-order valence-corrected chi connectivity index (χ0v) is 14.3. The van der Waals surface area contributed by atoms with Gasteiger partial charge in [-0.2, -0.15) is 0 Å². The van der Waals surface area contributed by atoms with E-state index in [1.54, 1.807) is 11.0 Å². The van der Waals surface area contributed by atoms with Gasteiger partial charge in [-0.25, -0.2) is 4.39 Å². The van der Waals surface area contributed by atoms with Crippen molar-refractivity contribution in [3.8, 4) is 5.75 Å². The molecule has 0 bridgehead atoms. The fraction of sp³-hybridized carbons (Fsp3) is 0.500. The van der Waals surface area contributed by atoms with Crippen molar-refractivity contribution in [3.63, 3.8) is 0 Å². The summed E-state index contributed by atoms with van der Waals surface area (Å²) in [6.07, 6.45) is 0. The molecule has 7 heteroatoms. The van der Waals surface area contributed by atoms with Crippen LogP contribution in [0.25, 0.3) is 0 Å². The number of piperazine rings is 1. The van der Waals surface area contributed by atoms with Gasteiger partial charge in [0.1, 0.15) is 0 Å². The summed E-state index contributed by atoms with van der Waals surface area (Å²) in [6, 6.07) is 4.86. The predicted octanol–water partition coefficient (Wildman–Crippen LogP) is 2.60. The molecule has 21 heavy (non-hydrogen) atoms. The van der Waals surface area contributed by atoms with Gasteiger partial charge >= 0.3 is 0 Å². The van der Waals surface area contributed by atoms with Crippen LogP contribution in [0.2, 0.25) is 0 Å². The van der Waals surface area contributed by atoms with Crippen molar-refractivity contribution in [1.82, 2.24) is 10.2 Å². The van der Waals surface area contributed by atoms with Gasteiger partial charge in [0.25, 0.3) is 5.91 Å². The number of carbonyl (C=O) groups is 1. The summed E-state index contributed by atoms with van der Waals surface area (Å²) in [7, 11) is 0. The molecule has 1 aliphatic heterocycles. The maximum atomic E-state index is 13.6. The van der Waals surface area contributed by atoms with E-state index in [1.165, 1.54) is 12.1 Å². The molecule has 1 saturated heterocycles. The lowest BCUT2D eigenvalue weighted by atomic mass is 10.1. The predicted molar refractivity (Wildman–Crippen MR) is 85.5 cm³/mol. The first kappa shape index (κ1) is 18.2.